The van der Waals surface area contributed by atoms with Crippen LogP contribution in [0, 0.1) is 5.92 Å². The molecule has 0 unspecified atom stereocenters. The predicted octanol–water partition coefficient (Wildman–Crippen LogP) is 0.452. The van der Waals surface area contributed by atoms with E-state index >= 15 is 0 Å². The van der Waals surface area contributed by atoms with E-state index in [0.717, 1.165) is 38.9 Å². The Morgan fingerprint density at radius 1 is 1.11 bits per heavy atom. The molecule has 1 heterocycles. The standard InChI is InChI=1S/C14H19BO4/c16-15(17)13-5-3-11(4-6-13)1-2-12-9-14(10-12)18-7-8-19-14/h3-6,12,16-17H,1-2,7-10H2. The van der Waals surface area contributed by atoms with Gasteiger partial charge in [-0.25, -0.2) is 0 Å². The van der Waals surface area contributed by atoms with Crippen LogP contribution in [0.2, 0.25) is 0 Å². The molecular weight excluding hydrogens is 243 g/mol. The highest BCUT2D eigenvalue weighted by atomic mass is 16.7. The van der Waals surface area contributed by atoms with E-state index in [1.165, 1.54) is 5.56 Å². The molecule has 2 fully saturated rings. The van der Waals surface area contributed by atoms with Gasteiger partial charge in [-0.2, -0.15) is 0 Å². The third-order valence-electron chi connectivity index (χ3n) is 4.13. The Kier molecular flexibility index (Phi) is 3.63. The summed E-state index contributed by atoms with van der Waals surface area (Å²) in [5, 5.41) is 18.1. The molecule has 1 aliphatic carbocycles. The predicted molar refractivity (Wildman–Crippen MR) is 71.9 cm³/mol. The summed E-state index contributed by atoms with van der Waals surface area (Å²) in [4.78, 5) is 0. The van der Waals surface area contributed by atoms with Crippen LogP contribution in [-0.2, 0) is 15.9 Å². The van der Waals surface area contributed by atoms with Crippen molar-refractivity contribution in [3.63, 3.8) is 0 Å². The molecule has 1 aromatic carbocycles. The van der Waals surface area contributed by atoms with Gasteiger partial charge in [-0.05, 0) is 29.8 Å². The van der Waals surface area contributed by atoms with Crippen LogP contribution < -0.4 is 5.46 Å². The maximum atomic E-state index is 9.03. The summed E-state index contributed by atoms with van der Waals surface area (Å²) in [6.07, 6.45) is 4.18. The lowest BCUT2D eigenvalue weighted by Gasteiger charge is -2.43. The summed E-state index contributed by atoms with van der Waals surface area (Å²) in [6.45, 7) is 1.47. The molecule has 1 spiro atoms. The zero-order valence-corrected chi connectivity index (χ0v) is 10.9. The molecule has 2 aliphatic rings. The molecule has 3 rings (SSSR count). The summed E-state index contributed by atoms with van der Waals surface area (Å²) in [5.41, 5.74) is 1.78. The van der Waals surface area contributed by atoms with Crippen LogP contribution in [-0.4, -0.2) is 36.2 Å². The maximum Gasteiger partial charge on any atom is 0.488 e. The summed E-state index contributed by atoms with van der Waals surface area (Å²) in [6, 6.07) is 7.47. The van der Waals surface area contributed by atoms with Crippen LogP contribution in [0.1, 0.15) is 24.8 Å². The molecule has 0 bridgehead atoms. The van der Waals surface area contributed by atoms with Crippen molar-refractivity contribution in [3.05, 3.63) is 29.8 Å². The van der Waals surface area contributed by atoms with Gasteiger partial charge in [-0.15, -0.1) is 0 Å². The maximum absolute atomic E-state index is 9.03. The van der Waals surface area contributed by atoms with Crippen LogP contribution in [0.3, 0.4) is 0 Å². The Bertz CT molecular complexity index is 418. The average Bonchev–Trinajstić information content (AvgIpc) is 2.85. The molecule has 2 N–H and O–H groups in total. The zero-order chi connectivity index (χ0) is 13.3. The van der Waals surface area contributed by atoms with Crippen LogP contribution in [0.15, 0.2) is 24.3 Å². The van der Waals surface area contributed by atoms with Gasteiger partial charge >= 0.3 is 7.12 Å². The highest BCUT2D eigenvalue weighted by Crippen LogP contribution is 2.46. The van der Waals surface area contributed by atoms with Crippen molar-refractivity contribution in [1.29, 1.82) is 0 Å². The van der Waals surface area contributed by atoms with E-state index < -0.39 is 7.12 Å². The van der Waals surface area contributed by atoms with Crippen molar-refractivity contribution in [1.82, 2.24) is 0 Å². The average molecular weight is 262 g/mol. The first-order valence-corrected chi connectivity index (χ1v) is 6.90. The highest BCUT2D eigenvalue weighted by molar-refractivity contribution is 6.58. The van der Waals surface area contributed by atoms with Crippen molar-refractivity contribution < 1.29 is 19.5 Å². The minimum atomic E-state index is -1.38. The summed E-state index contributed by atoms with van der Waals surface area (Å²) in [5.74, 6) is 0.441. The van der Waals surface area contributed by atoms with E-state index in [9.17, 15) is 0 Å². The summed E-state index contributed by atoms with van der Waals surface area (Å²) < 4.78 is 11.2. The van der Waals surface area contributed by atoms with Crippen LogP contribution >= 0.6 is 0 Å². The van der Waals surface area contributed by atoms with Crippen molar-refractivity contribution in [2.75, 3.05) is 13.2 Å². The quantitative estimate of drug-likeness (QED) is 0.773. The Balaban J connectivity index is 1.45. The highest BCUT2D eigenvalue weighted by Gasteiger charge is 2.48. The monoisotopic (exact) mass is 262 g/mol. The lowest BCUT2D eigenvalue weighted by atomic mass is 9.75. The minimum absolute atomic E-state index is 0.241. The van der Waals surface area contributed by atoms with E-state index in [2.05, 4.69) is 0 Å². The molecule has 4 nitrogen and oxygen atoms in total. The molecule has 0 amide bonds. The van der Waals surface area contributed by atoms with E-state index in [0.29, 0.717) is 11.4 Å². The second kappa shape index (κ2) is 5.25. The first kappa shape index (κ1) is 13.1. The van der Waals surface area contributed by atoms with Crippen LogP contribution in [0.25, 0.3) is 0 Å². The van der Waals surface area contributed by atoms with Crippen molar-refractivity contribution in [2.24, 2.45) is 5.92 Å². The van der Waals surface area contributed by atoms with Crippen LogP contribution in [0.4, 0.5) is 0 Å². The largest absolute Gasteiger partial charge is 0.488 e. The fourth-order valence-electron chi connectivity index (χ4n) is 2.98. The first-order valence-electron chi connectivity index (χ1n) is 6.90. The molecule has 1 aliphatic heterocycles. The van der Waals surface area contributed by atoms with Gasteiger partial charge in [0.2, 0.25) is 0 Å². The fourth-order valence-corrected chi connectivity index (χ4v) is 2.98. The van der Waals surface area contributed by atoms with Gasteiger partial charge in [0.05, 0.1) is 13.2 Å². The molecule has 0 radical (unpaired) electrons. The number of hydrogen-bond acceptors (Lipinski definition) is 4. The number of ether oxygens (including phenoxy) is 2. The van der Waals surface area contributed by atoms with E-state index in [4.69, 9.17) is 19.5 Å². The van der Waals surface area contributed by atoms with Gasteiger partial charge in [0.1, 0.15) is 0 Å². The third kappa shape index (κ3) is 2.84. The fraction of sp³-hybridized carbons (Fsp3) is 0.571. The molecule has 1 saturated carbocycles. The molecule has 19 heavy (non-hydrogen) atoms. The molecule has 5 heteroatoms. The summed E-state index contributed by atoms with van der Waals surface area (Å²) in [7, 11) is -1.38. The van der Waals surface area contributed by atoms with Crippen molar-refractivity contribution >= 4 is 12.6 Å². The molecule has 102 valence electrons. The SMILES string of the molecule is OB(O)c1ccc(CCC2CC3(C2)OCCO3)cc1. The van der Waals surface area contributed by atoms with Gasteiger partial charge < -0.3 is 19.5 Å². The molecule has 0 atom stereocenters. The Hall–Kier alpha value is -0.875. The second-order valence-electron chi connectivity index (χ2n) is 5.54. The lowest BCUT2D eigenvalue weighted by Crippen LogP contribution is -2.44. The van der Waals surface area contributed by atoms with E-state index in [-0.39, 0.29) is 5.79 Å². The van der Waals surface area contributed by atoms with Crippen molar-refractivity contribution in [2.45, 2.75) is 31.5 Å². The summed E-state index contributed by atoms with van der Waals surface area (Å²) >= 11 is 0. The number of benzene rings is 1. The Morgan fingerprint density at radius 3 is 2.32 bits per heavy atom. The molecule has 1 saturated heterocycles. The van der Waals surface area contributed by atoms with E-state index in [1.54, 1.807) is 12.1 Å². The first-order chi connectivity index (χ1) is 9.17. The van der Waals surface area contributed by atoms with E-state index in [1.807, 2.05) is 12.1 Å². The van der Waals surface area contributed by atoms with Gasteiger partial charge in [-0.1, -0.05) is 24.3 Å². The van der Waals surface area contributed by atoms with Crippen molar-refractivity contribution in [3.8, 4) is 0 Å². The van der Waals surface area contributed by atoms with Gasteiger partial charge in [0, 0.05) is 12.8 Å². The second-order valence-corrected chi connectivity index (χ2v) is 5.54. The topological polar surface area (TPSA) is 58.9 Å². The third-order valence-corrected chi connectivity index (χ3v) is 4.13. The molecular formula is C14H19BO4. The minimum Gasteiger partial charge on any atom is -0.423 e. The molecule has 1 aromatic rings. The Morgan fingerprint density at radius 2 is 1.74 bits per heavy atom. The lowest BCUT2D eigenvalue weighted by molar-refractivity contribution is -0.231. The number of hydrogen-bond donors (Lipinski definition) is 2. The van der Waals surface area contributed by atoms with Gasteiger partial charge in [0.25, 0.3) is 0 Å². The zero-order valence-electron chi connectivity index (χ0n) is 10.9. The Labute approximate surface area is 113 Å². The molecule has 0 aromatic heterocycles. The smallest absolute Gasteiger partial charge is 0.423 e. The van der Waals surface area contributed by atoms with Gasteiger partial charge in [0.15, 0.2) is 5.79 Å². The van der Waals surface area contributed by atoms with Crippen LogP contribution in [0.5, 0.6) is 0 Å². The van der Waals surface area contributed by atoms with Gasteiger partial charge in [-0.3, -0.25) is 0 Å². The number of aryl methyl sites for hydroxylation is 1. The number of rotatable bonds is 4. The normalized spacial score (nSPS) is 21.6.